The fourth-order valence-electron chi connectivity index (χ4n) is 2.08. The van der Waals surface area contributed by atoms with E-state index in [0.29, 0.717) is 0 Å². The maximum absolute atomic E-state index is 3.38. The van der Waals surface area contributed by atoms with Crippen molar-refractivity contribution in [3.63, 3.8) is 0 Å². The molecule has 2 heteroatoms. The lowest BCUT2D eigenvalue weighted by Crippen LogP contribution is -2.20. The molecule has 0 aromatic carbocycles. The highest BCUT2D eigenvalue weighted by Gasteiger charge is 2.51. The van der Waals surface area contributed by atoms with E-state index < -0.39 is 0 Å². The lowest BCUT2D eigenvalue weighted by molar-refractivity contribution is 0.567. The van der Waals surface area contributed by atoms with Gasteiger partial charge in [0, 0.05) is 0 Å². The first-order valence-electron chi connectivity index (χ1n) is 3.79. The molecule has 0 radical (unpaired) electrons. The van der Waals surface area contributed by atoms with Crippen LogP contribution in [0, 0.1) is 17.8 Å². The Morgan fingerprint density at radius 3 is 2.67 bits per heavy atom. The first-order chi connectivity index (χ1) is 4.43. The van der Waals surface area contributed by atoms with Gasteiger partial charge in [-0.05, 0) is 44.4 Å². The minimum absolute atomic E-state index is 1.01. The van der Waals surface area contributed by atoms with Crippen molar-refractivity contribution in [2.24, 2.45) is 17.8 Å². The molecule has 2 nitrogen and oxygen atoms in total. The average Bonchev–Trinajstić information content (AvgIpc) is 2.39. The lowest BCUT2D eigenvalue weighted by Gasteiger charge is -2.01. The van der Waals surface area contributed by atoms with Crippen LogP contribution in [0.25, 0.3) is 0 Å². The van der Waals surface area contributed by atoms with Gasteiger partial charge < -0.3 is 10.6 Å². The number of nitrogens with one attached hydrogen (secondary N) is 2. The van der Waals surface area contributed by atoms with E-state index in [1.807, 2.05) is 7.05 Å². The highest BCUT2D eigenvalue weighted by atomic mass is 15.0. The Balaban J connectivity index is 1.81. The quantitative estimate of drug-likeness (QED) is 0.529. The summed E-state index contributed by atoms with van der Waals surface area (Å²) in [5, 5.41) is 6.61. The number of piperidine rings is 1. The van der Waals surface area contributed by atoms with Crippen molar-refractivity contribution >= 4 is 0 Å². The summed E-state index contributed by atoms with van der Waals surface area (Å²) in [6.45, 7) is 3.78. The van der Waals surface area contributed by atoms with Gasteiger partial charge in [0.1, 0.15) is 0 Å². The summed E-state index contributed by atoms with van der Waals surface area (Å²) in [5.74, 6) is 3.06. The summed E-state index contributed by atoms with van der Waals surface area (Å²) in [6, 6.07) is 0. The summed E-state index contributed by atoms with van der Waals surface area (Å²) < 4.78 is 0. The molecular formula is C7H14N2. The Kier molecular flexibility index (Phi) is 1.24. The van der Waals surface area contributed by atoms with Gasteiger partial charge in [-0.2, -0.15) is 0 Å². The zero-order valence-corrected chi connectivity index (χ0v) is 5.85. The fraction of sp³-hybridized carbons (Fsp3) is 1.00. The second-order valence-electron chi connectivity index (χ2n) is 3.21. The Hall–Kier alpha value is -0.0800. The molecule has 1 unspecified atom stereocenters. The van der Waals surface area contributed by atoms with Crippen LogP contribution in [-0.2, 0) is 0 Å². The number of hydrogen-bond acceptors (Lipinski definition) is 2. The Morgan fingerprint density at radius 1 is 1.44 bits per heavy atom. The molecule has 1 saturated carbocycles. The molecular weight excluding hydrogens is 112 g/mol. The molecule has 1 heterocycles. The second kappa shape index (κ2) is 1.96. The lowest BCUT2D eigenvalue weighted by atomic mass is 10.3. The van der Waals surface area contributed by atoms with E-state index in [0.717, 1.165) is 17.8 Å². The van der Waals surface area contributed by atoms with Crippen molar-refractivity contribution in [2.45, 2.75) is 0 Å². The molecule has 2 rings (SSSR count). The maximum Gasteiger partial charge on any atom is -0.00139 e. The molecule has 52 valence electrons. The highest BCUT2D eigenvalue weighted by Crippen LogP contribution is 2.47. The monoisotopic (exact) mass is 126 g/mol. The van der Waals surface area contributed by atoms with Crippen LogP contribution < -0.4 is 10.6 Å². The third-order valence-electron chi connectivity index (χ3n) is 2.71. The van der Waals surface area contributed by atoms with E-state index in [1.54, 1.807) is 0 Å². The van der Waals surface area contributed by atoms with Crippen LogP contribution >= 0.6 is 0 Å². The van der Waals surface area contributed by atoms with E-state index in [9.17, 15) is 0 Å². The van der Waals surface area contributed by atoms with Gasteiger partial charge in [0.05, 0.1) is 0 Å². The van der Waals surface area contributed by atoms with Gasteiger partial charge >= 0.3 is 0 Å². The van der Waals surface area contributed by atoms with Crippen LogP contribution in [0.4, 0.5) is 0 Å². The predicted molar refractivity (Wildman–Crippen MR) is 37.3 cm³/mol. The molecule has 0 spiro atoms. The normalized spacial score (nSPS) is 47.0. The van der Waals surface area contributed by atoms with Gasteiger partial charge in [-0.1, -0.05) is 0 Å². The predicted octanol–water partition coefficient (Wildman–Crippen LogP) is -0.329. The largest absolute Gasteiger partial charge is 0.319 e. The van der Waals surface area contributed by atoms with Crippen LogP contribution in [0.5, 0.6) is 0 Å². The first kappa shape index (κ1) is 5.69. The number of fused-ring (bicyclic) bond motifs is 1. The molecule has 2 aliphatic rings. The summed E-state index contributed by atoms with van der Waals surface area (Å²) in [4.78, 5) is 0. The van der Waals surface area contributed by atoms with Gasteiger partial charge in [0.25, 0.3) is 0 Å². The molecule has 1 saturated heterocycles. The van der Waals surface area contributed by atoms with E-state index in [1.165, 1.54) is 19.6 Å². The van der Waals surface area contributed by atoms with Gasteiger partial charge in [0.2, 0.25) is 0 Å². The zero-order chi connectivity index (χ0) is 6.27. The summed E-state index contributed by atoms with van der Waals surface area (Å²) >= 11 is 0. The van der Waals surface area contributed by atoms with Gasteiger partial charge in [-0.15, -0.1) is 0 Å². The van der Waals surface area contributed by atoms with E-state index >= 15 is 0 Å². The maximum atomic E-state index is 3.38. The van der Waals surface area contributed by atoms with E-state index in [4.69, 9.17) is 0 Å². The van der Waals surface area contributed by atoms with E-state index in [2.05, 4.69) is 10.6 Å². The third kappa shape index (κ3) is 0.775. The molecule has 3 atom stereocenters. The summed E-state index contributed by atoms with van der Waals surface area (Å²) in [6.07, 6.45) is 0. The molecule has 0 aromatic rings. The van der Waals surface area contributed by atoms with Crippen LogP contribution in [0.3, 0.4) is 0 Å². The Bertz CT molecular complexity index is 103. The molecule has 2 fully saturated rings. The molecule has 0 aromatic heterocycles. The van der Waals surface area contributed by atoms with Crippen molar-refractivity contribution in [2.75, 3.05) is 26.7 Å². The SMILES string of the molecule is CNCC1[C@H]2CNC[C@@H]12. The van der Waals surface area contributed by atoms with E-state index in [-0.39, 0.29) is 0 Å². The van der Waals surface area contributed by atoms with Gasteiger partial charge in [0.15, 0.2) is 0 Å². The number of rotatable bonds is 2. The fourth-order valence-corrected chi connectivity index (χ4v) is 2.08. The molecule has 1 aliphatic carbocycles. The molecule has 0 bridgehead atoms. The third-order valence-corrected chi connectivity index (χ3v) is 2.71. The van der Waals surface area contributed by atoms with Crippen molar-refractivity contribution in [1.82, 2.24) is 10.6 Å². The molecule has 9 heavy (non-hydrogen) atoms. The van der Waals surface area contributed by atoms with Crippen LogP contribution in [-0.4, -0.2) is 26.7 Å². The molecule has 2 N–H and O–H groups in total. The average molecular weight is 126 g/mol. The standard InChI is InChI=1S/C7H14N2/c1-8-2-5-6-3-9-4-7(5)6/h5-9H,2-4H2,1H3/t5?,6-,7+. The van der Waals surface area contributed by atoms with Gasteiger partial charge in [-0.3, -0.25) is 0 Å². The Labute approximate surface area is 56.0 Å². The summed E-state index contributed by atoms with van der Waals surface area (Å²) in [7, 11) is 2.04. The zero-order valence-electron chi connectivity index (χ0n) is 5.85. The topological polar surface area (TPSA) is 24.1 Å². The summed E-state index contributed by atoms with van der Waals surface area (Å²) in [5.41, 5.74) is 0. The minimum atomic E-state index is 1.01. The number of hydrogen-bond donors (Lipinski definition) is 2. The van der Waals surface area contributed by atoms with Crippen LogP contribution in [0.1, 0.15) is 0 Å². The molecule has 1 aliphatic heterocycles. The van der Waals surface area contributed by atoms with Crippen molar-refractivity contribution < 1.29 is 0 Å². The minimum Gasteiger partial charge on any atom is -0.319 e. The highest BCUT2D eigenvalue weighted by molar-refractivity contribution is 5.04. The Morgan fingerprint density at radius 2 is 2.11 bits per heavy atom. The van der Waals surface area contributed by atoms with Crippen LogP contribution in [0.15, 0.2) is 0 Å². The first-order valence-corrected chi connectivity index (χ1v) is 3.79. The van der Waals surface area contributed by atoms with Crippen molar-refractivity contribution in [1.29, 1.82) is 0 Å². The second-order valence-corrected chi connectivity index (χ2v) is 3.21. The van der Waals surface area contributed by atoms with Crippen molar-refractivity contribution in [3.8, 4) is 0 Å². The van der Waals surface area contributed by atoms with Crippen molar-refractivity contribution in [3.05, 3.63) is 0 Å². The molecule has 0 amide bonds. The van der Waals surface area contributed by atoms with Crippen LogP contribution in [0.2, 0.25) is 0 Å². The smallest absolute Gasteiger partial charge is 0.00139 e. The van der Waals surface area contributed by atoms with Gasteiger partial charge in [-0.25, -0.2) is 0 Å².